The number of carbonyl (C=O) groups excluding carboxylic acids is 2. The summed E-state index contributed by atoms with van der Waals surface area (Å²) in [6, 6.07) is 21.4. The highest BCUT2D eigenvalue weighted by Gasteiger charge is 2.24. The van der Waals surface area contributed by atoms with E-state index in [0.717, 1.165) is 11.1 Å². The molecular formula is C23H21Cl2N2O3+. The second-order valence-corrected chi connectivity index (χ2v) is 7.47. The van der Waals surface area contributed by atoms with E-state index in [1.165, 1.54) is 7.11 Å². The SMILES string of the molecule is COC(=O)C[NH2+][C@@H](c1ccccc1)c1cc(Cl)ccc1NC(=O)c1cccc(Cl)c1. The van der Waals surface area contributed by atoms with Crippen molar-refractivity contribution in [1.82, 2.24) is 0 Å². The molecule has 1 amide bonds. The van der Waals surface area contributed by atoms with Crippen LogP contribution in [0.15, 0.2) is 72.8 Å². The fourth-order valence-corrected chi connectivity index (χ4v) is 3.50. The molecule has 0 bridgehead atoms. The molecule has 0 unspecified atom stereocenters. The van der Waals surface area contributed by atoms with Gasteiger partial charge in [0.15, 0.2) is 6.54 Å². The fourth-order valence-electron chi connectivity index (χ4n) is 3.13. The van der Waals surface area contributed by atoms with Gasteiger partial charge in [0.25, 0.3) is 5.91 Å². The van der Waals surface area contributed by atoms with Crippen LogP contribution in [-0.2, 0) is 9.53 Å². The number of halogens is 2. The second kappa shape index (κ2) is 10.3. The van der Waals surface area contributed by atoms with Crippen LogP contribution < -0.4 is 10.6 Å². The minimum atomic E-state index is -0.345. The van der Waals surface area contributed by atoms with Crippen molar-refractivity contribution in [1.29, 1.82) is 0 Å². The molecule has 0 heterocycles. The summed E-state index contributed by atoms with van der Waals surface area (Å²) in [5, 5.41) is 5.80. The van der Waals surface area contributed by atoms with Crippen molar-refractivity contribution >= 4 is 40.8 Å². The number of methoxy groups -OCH3 is 1. The van der Waals surface area contributed by atoms with Gasteiger partial charge >= 0.3 is 5.97 Å². The molecule has 0 aliphatic heterocycles. The lowest BCUT2D eigenvalue weighted by molar-refractivity contribution is -0.677. The zero-order chi connectivity index (χ0) is 21.5. The van der Waals surface area contributed by atoms with Gasteiger partial charge in [-0.2, -0.15) is 0 Å². The maximum Gasteiger partial charge on any atom is 0.361 e. The molecule has 3 N–H and O–H groups in total. The normalized spacial score (nSPS) is 11.6. The molecule has 0 aliphatic carbocycles. The molecule has 3 aromatic carbocycles. The van der Waals surface area contributed by atoms with E-state index in [9.17, 15) is 9.59 Å². The molecule has 0 saturated carbocycles. The standard InChI is InChI=1S/C23H20Cl2N2O3/c1-30-21(28)14-26-22(15-6-3-2-4-7-15)19-13-18(25)10-11-20(19)27-23(29)16-8-5-9-17(24)12-16/h2-13,22,26H,14H2,1H3,(H,27,29)/p+1/t22-/m0/s1. The van der Waals surface area contributed by atoms with Gasteiger partial charge in [-0.05, 0) is 36.4 Å². The van der Waals surface area contributed by atoms with Crippen LogP contribution in [0.1, 0.15) is 27.5 Å². The number of hydrogen-bond acceptors (Lipinski definition) is 3. The molecular weight excluding hydrogens is 423 g/mol. The first kappa shape index (κ1) is 21.8. The van der Waals surface area contributed by atoms with E-state index in [4.69, 9.17) is 27.9 Å². The Morgan fingerprint density at radius 2 is 1.70 bits per heavy atom. The number of carbonyl (C=O) groups is 2. The first-order valence-corrected chi connectivity index (χ1v) is 10.0. The van der Waals surface area contributed by atoms with Gasteiger partial charge in [-0.3, -0.25) is 4.79 Å². The Bertz CT molecular complexity index is 1040. The number of benzene rings is 3. The maximum absolute atomic E-state index is 12.8. The Morgan fingerprint density at radius 3 is 2.40 bits per heavy atom. The molecule has 7 heteroatoms. The summed E-state index contributed by atoms with van der Waals surface area (Å²) in [7, 11) is 1.35. The van der Waals surface area contributed by atoms with Crippen molar-refractivity contribution in [2.75, 3.05) is 19.0 Å². The number of esters is 1. The number of hydrogen-bond donors (Lipinski definition) is 2. The molecule has 1 atom stereocenters. The van der Waals surface area contributed by atoms with Gasteiger partial charge in [0.05, 0.1) is 12.8 Å². The van der Waals surface area contributed by atoms with Gasteiger partial charge < -0.3 is 15.4 Å². The Hall–Kier alpha value is -2.86. The summed E-state index contributed by atoms with van der Waals surface area (Å²) < 4.78 is 4.78. The molecule has 0 aromatic heterocycles. The van der Waals surface area contributed by atoms with Gasteiger partial charge in [-0.1, -0.05) is 59.6 Å². The van der Waals surface area contributed by atoms with Crippen LogP contribution in [0.4, 0.5) is 5.69 Å². The largest absolute Gasteiger partial charge is 0.465 e. The van der Waals surface area contributed by atoms with E-state index in [1.807, 2.05) is 35.6 Å². The molecule has 0 fully saturated rings. The van der Waals surface area contributed by atoms with Gasteiger partial charge in [-0.25, -0.2) is 4.79 Å². The summed E-state index contributed by atoms with van der Waals surface area (Å²) in [6.45, 7) is 0.115. The Morgan fingerprint density at radius 1 is 0.967 bits per heavy atom. The molecule has 30 heavy (non-hydrogen) atoms. The fraction of sp³-hybridized carbons (Fsp3) is 0.130. The monoisotopic (exact) mass is 443 g/mol. The van der Waals surface area contributed by atoms with Crippen molar-refractivity contribution in [2.24, 2.45) is 0 Å². The quantitative estimate of drug-likeness (QED) is 0.540. The molecule has 0 radical (unpaired) electrons. The highest BCUT2D eigenvalue weighted by atomic mass is 35.5. The summed E-state index contributed by atoms with van der Waals surface area (Å²) in [5.74, 6) is -0.636. The summed E-state index contributed by atoms with van der Waals surface area (Å²) in [4.78, 5) is 24.6. The zero-order valence-electron chi connectivity index (χ0n) is 16.3. The smallest absolute Gasteiger partial charge is 0.361 e. The third-order valence-electron chi connectivity index (χ3n) is 4.59. The Kier molecular flexibility index (Phi) is 7.46. The van der Waals surface area contributed by atoms with Crippen LogP contribution in [0.2, 0.25) is 10.0 Å². The first-order valence-electron chi connectivity index (χ1n) is 9.29. The highest BCUT2D eigenvalue weighted by molar-refractivity contribution is 6.31. The van der Waals surface area contributed by atoms with E-state index >= 15 is 0 Å². The zero-order valence-corrected chi connectivity index (χ0v) is 17.8. The third-order valence-corrected chi connectivity index (χ3v) is 5.06. The van der Waals surface area contributed by atoms with Crippen molar-refractivity contribution in [3.63, 3.8) is 0 Å². The van der Waals surface area contributed by atoms with Crippen molar-refractivity contribution in [3.05, 3.63) is 99.5 Å². The predicted octanol–water partition coefficient (Wildman–Crippen LogP) is 4.07. The summed E-state index contributed by atoms with van der Waals surface area (Å²) >= 11 is 12.3. The van der Waals surface area contributed by atoms with Crippen LogP contribution in [0.5, 0.6) is 0 Å². The minimum absolute atomic E-state index is 0.115. The van der Waals surface area contributed by atoms with E-state index in [-0.39, 0.29) is 24.5 Å². The number of nitrogens with one attached hydrogen (secondary N) is 1. The average Bonchev–Trinajstić information content (AvgIpc) is 2.76. The number of quaternary nitrogens is 1. The molecule has 5 nitrogen and oxygen atoms in total. The van der Waals surface area contributed by atoms with Crippen LogP contribution in [-0.4, -0.2) is 25.5 Å². The number of rotatable bonds is 7. The summed E-state index contributed by atoms with van der Waals surface area (Å²) in [6.07, 6.45) is 0. The van der Waals surface area contributed by atoms with Gasteiger partial charge in [0.1, 0.15) is 6.04 Å². The van der Waals surface area contributed by atoms with Crippen LogP contribution in [0, 0.1) is 0 Å². The van der Waals surface area contributed by atoms with Crippen LogP contribution in [0.3, 0.4) is 0 Å². The van der Waals surface area contributed by atoms with E-state index in [2.05, 4.69) is 5.32 Å². The lowest BCUT2D eigenvalue weighted by Gasteiger charge is -2.20. The van der Waals surface area contributed by atoms with Crippen LogP contribution in [0.25, 0.3) is 0 Å². The molecule has 0 saturated heterocycles. The maximum atomic E-state index is 12.8. The number of nitrogens with two attached hydrogens (primary N) is 1. The lowest BCUT2D eigenvalue weighted by atomic mass is 9.96. The molecule has 0 spiro atoms. The average molecular weight is 444 g/mol. The van der Waals surface area contributed by atoms with E-state index < -0.39 is 0 Å². The van der Waals surface area contributed by atoms with Crippen molar-refractivity contribution in [3.8, 4) is 0 Å². The van der Waals surface area contributed by atoms with Crippen molar-refractivity contribution in [2.45, 2.75) is 6.04 Å². The van der Waals surface area contributed by atoms with Crippen molar-refractivity contribution < 1.29 is 19.6 Å². The number of anilines is 1. The second-order valence-electron chi connectivity index (χ2n) is 6.60. The van der Waals surface area contributed by atoms with Crippen LogP contribution >= 0.6 is 23.2 Å². The Labute approximate surface area is 185 Å². The lowest BCUT2D eigenvalue weighted by Crippen LogP contribution is -2.87. The number of ether oxygens (including phenoxy) is 1. The molecule has 3 aromatic rings. The van der Waals surface area contributed by atoms with Gasteiger partial charge in [0, 0.05) is 26.7 Å². The highest BCUT2D eigenvalue weighted by Crippen LogP contribution is 2.29. The topological polar surface area (TPSA) is 72.0 Å². The first-order chi connectivity index (χ1) is 14.5. The molecule has 0 aliphatic rings. The van der Waals surface area contributed by atoms with E-state index in [1.54, 1.807) is 42.5 Å². The van der Waals surface area contributed by atoms with E-state index in [0.29, 0.717) is 21.3 Å². The Balaban J connectivity index is 1.97. The van der Waals surface area contributed by atoms with Gasteiger partial charge in [0.2, 0.25) is 0 Å². The molecule has 3 rings (SSSR count). The minimum Gasteiger partial charge on any atom is -0.465 e. The summed E-state index contributed by atoms with van der Waals surface area (Å²) in [5.41, 5.74) is 2.77. The third kappa shape index (κ3) is 5.60. The predicted molar refractivity (Wildman–Crippen MR) is 118 cm³/mol. The number of amides is 1. The van der Waals surface area contributed by atoms with Gasteiger partial charge in [-0.15, -0.1) is 0 Å². The molecule has 154 valence electrons.